The highest BCUT2D eigenvalue weighted by Crippen LogP contribution is 2.21. The first-order valence-electron chi connectivity index (χ1n) is 5.66. The second-order valence-electron chi connectivity index (χ2n) is 3.84. The lowest BCUT2D eigenvalue weighted by atomic mass is 9.92. The van der Waals surface area contributed by atoms with E-state index in [1.165, 1.54) is 5.92 Å². The van der Waals surface area contributed by atoms with E-state index in [4.69, 9.17) is 0 Å². The fraction of sp³-hybridized carbons (Fsp3) is 0.133. The van der Waals surface area contributed by atoms with Gasteiger partial charge in [-0.3, -0.25) is 9.97 Å². The minimum Gasteiger partial charge on any atom is -0.264 e. The van der Waals surface area contributed by atoms with Crippen molar-refractivity contribution >= 4 is 0 Å². The zero-order valence-corrected chi connectivity index (χ0v) is 9.71. The molecule has 2 heterocycles. The topological polar surface area (TPSA) is 25.8 Å². The van der Waals surface area contributed by atoms with E-state index < -0.39 is 0 Å². The molecule has 2 aromatic rings. The maximum atomic E-state index is 4.35. The maximum Gasteiger partial charge on any atom is 0.0412 e. The van der Waals surface area contributed by atoms with Crippen molar-refractivity contribution in [1.82, 2.24) is 9.97 Å². The molecular formula is C15H15N2. The summed E-state index contributed by atoms with van der Waals surface area (Å²) in [6.07, 6.45) is 9.13. The Kier molecular flexibility index (Phi) is 4.03. The van der Waals surface area contributed by atoms with Crippen LogP contribution in [-0.2, 0) is 6.42 Å². The van der Waals surface area contributed by atoms with Crippen LogP contribution in [0.15, 0.2) is 61.6 Å². The summed E-state index contributed by atoms with van der Waals surface area (Å²) in [5, 5.41) is 0. The molecule has 0 aromatic carbocycles. The minimum atomic E-state index is 0.846. The third-order valence-electron chi connectivity index (χ3n) is 2.58. The van der Waals surface area contributed by atoms with Crippen molar-refractivity contribution in [2.24, 2.45) is 0 Å². The predicted octanol–water partition coefficient (Wildman–Crippen LogP) is 3.22. The summed E-state index contributed by atoms with van der Waals surface area (Å²) in [4.78, 5) is 8.50. The summed E-state index contributed by atoms with van der Waals surface area (Å²) < 4.78 is 0. The monoisotopic (exact) mass is 223 g/mol. The zero-order chi connectivity index (χ0) is 11.9. The van der Waals surface area contributed by atoms with Crippen molar-refractivity contribution in [3.8, 4) is 0 Å². The first kappa shape index (κ1) is 11.5. The zero-order valence-electron chi connectivity index (χ0n) is 9.71. The lowest BCUT2D eigenvalue weighted by molar-refractivity contribution is 0.886. The van der Waals surface area contributed by atoms with Crippen LogP contribution in [0.4, 0.5) is 0 Å². The Bertz CT molecular complexity index is 451. The van der Waals surface area contributed by atoms with Crippen molar-refractivity contribution in [2.75, 3.05) is 0 Å². The maximum absolute atomic E-state index is 4.35. The molecule has 0 amide bonds. The normalized spacial score (nSPS) is 10.4. The smallest absolute Gasteiger partial charge is 0.0412 e. The van der Waals surface area contributed by atoms with Crippen molar-refractivity contribution < 1.29 is 0 Å². The summed E-state index contributed by atoms with van der Waals surface area (Å²) in [6, 6.07) is 10.0. The SMILES string of the molecule is C=CC[C](Cc1ccccn1)c1cccnc1. The van der Waals surface area contributed by atoms with E-state index in [1.54, 1.807) is 6.20 Å². The van der Waals surface area contributed by atoms with E-state index in [0.29, 0.717) is 0 Å². The number of allylic oxidation sites excluding steroid dienone is 1. The summed E-state index contributed by atoms with van der Waals surface area (Å²) in [7, 11) is 0. The van der Waals surface area contributed by atoms with Crippen molar-refractivity contribution in [3.63, 3.8) is 0 Å². The second kappa shape index (κ2) is 5.94. The number of rotatable bonds is 5. The molecular weight excluding hydrogens is 208 g/mol. The van der Waals surface area contributed by atoms with Crippen LogP contribution in [0, 0.1) is 5.92 Å². The first-order valence-corrected chi connectivity index (χ1v) is 5.66. The van der Waals surface area contributed by atoms with Gasteiger partial charge in [0, 0.05) is 36.6 Å². The summed E-state index contributed by atoms with van der Waals surface area (Å²) in [6.45, 7) is 3.81. The van der Waals surface area contributed by atoms with Gasteiger partial charge in [0.1, 0.15) is 0 Å². The van der Waals surface area contributed by atoms with Gasteiger partial charge in [0.15, 0.2) is 0 Å². The van der Waals surface area contributed by atoms with Crippen LogP contribution in [0.2, 0.25) is 0 Å². The van der Waals surface area contributed by atoms with Gasteiger partial charge in [-0.2, -0.15) is 0 Å². The Hall–Kier alpha value is -1.96. The highest BCUT2D eigenvalue weighted by molar-refractivity contribution is 5.31. The van der Waals surface area contributed by atoms with E-state index in [-0.39, 0.29) is 0 Å². The fourth-order valence-corrected chi connectivity index (χ4v) is 1.76. The molecule has 0 bridgehead atoms. The third kappa shape index (κ3) is 3.25. The molecule has 1 radical (unpaired) electrons. The van der Waals surface area contributed by atoms with Gasteiger partial charge in [-0.25, -0.2) is 0 Å². The van der Waals surface area contributed by atoms with Gasteiger partial charge < -0.3 is 0 Å². The van der Waals surface area contributed by atoms with E-state index in [2.05, 4.69) is 22.6 Å². The predicted molar refractivity (Wildman–Crippen MR) is 69.3 cm³/mol. The standard InChI is InChI=1S/C15H15N2/c1-2-6-13(14-7-5-9-16-12-14)11-15-8-3-4-10-17-15/h2-5,7-10,12H,1,6,11H2. The molecule has 0 aliphatic carbocycles. The molecule has 0 unspecified atom stereocenters. The van der Waals surface area contributed by atoms with Crippen molar-refractivity contribution in [1.29, 1.82) is 0 Å². The summed E-state index contributed by atoms with van der Waals surface area (Å²) >= 11 is 0. The third-order valence-corrected chi connectivity index (χ3v) is 2.58. The summed E-state index contributed by atoms with van der Waals surface area (Å²) in [5.74, 6) is 1.30. The van der Waals surface area contributed by atoms with Gasteiger partial charge in [0.2, 0.25) is 0 Å². The van der Waals surface area contributed by atoms with Gasteiger partial charge in [0.05, 0.1) is 0 Å². The molecule has 2 aromatic heterocycles. The largest absolute Gasteiger partial charge is 0.264 e. The minimum absolute atomic E-state index is 0.846. The number of hydrogen-bond donors (Lipinski definition) is 0. The highest BCUT2D eigenvalue weighted by Gasteiger charge is 2.12. The molecule has 2 heteroatoms. The Balaban J connectivity index is 2.16. The van der Waals surface area contributed by atoms with Gasteiger partial charge in [-0.1, -0.05) is 18.2 Å². The average molecular weight is 223 g/mol. The number of pyridine rings is 2. The molecule has 2 nitrogen and oxygen atoms in total. The van der Waals surface area contributed by atoms with Crippen LogP contribution in [0.25, 0.3) is 0 Å². The number of hydrogen-bond acceptors (Lipinski definition) is 2. The van der Waals surface area contributed by atoms with Gasteiger partial charge >= 0.3 is 0 Å². The van der Waals surface area contributed by atoms with Crippen LogP contribution in [-0.4, -0.2) is 9.97 Å². The van der Waals surface area contributed by atoms with Crippen LogP contribution in [0.3, 0.4) is 0 Å². The van der Waals surface area contributed by atoms with E-state index in [0.717, 1.165) is 24.1 Å². The van der Waals surface area contributed by atoms with Crippen molar-refractivity contribution in [2.45, 2.75) is 12.8 Å². The lowest BCUT2D eigenvalue weighted by Crippen LogP contribution is -2.04. The second-order valence-corrected chi connectivity index (χ2v) is 3.84. The van der Waals surface area contributed by atoms with Crippen LogP contribution in [0.1, 0.15) is 17.7 Å². The van der Waals surface area contributed by atoms with Crippen molar-refractivity contribution in [3.05, 3.63) is 78.8 Å². The van der Waals surface area contributed by atoms with Crippen LogP contribution < -0.4 is 0 Å². The van der Waals surface area contributed by atoms with Gasteiger partial charge in [-0.15, -0.1) is 6.58 Å². The number of nitrogens with zero attached hydrogens (tertiary/aromatic N) is 2. The molecule has 0 spiro atoms. The van der Waals surface area contributed by atoms with E-state index in [9.17, 15) is 0 Å². The molecule has 85 valence electrons. The van der Waals surface area contributed by atoms with Gasteiger partial charge in [0.25, 0.3) is 0 Å². The molecule has 17 heavy (non-hydrogen) atoms. The average Bonchev–Trinajstić information content (AvgIpc) is 2.40. The number of aromatic nitrogens is 2. The first-order chi connectivity index (χ1) is 8.40. The molecule has 0 saturated carbocycles. The molecule has 0 N–H and O–H groups in total. The molecule has 0 fully saturated rings. The van der Waals surface area contributed by atoms with Crippen LogP contribution >= 0.6 is 0 Å². The molecule has 0 atom stereocenters. The van der Waals surface area contributed by atoms with E-state index in [1.807, 2.05) is 42.7 Å². The van der Waals surface area contributed by atoms with E-state index >= 15 is 0 Å². The molecule has 0 saturated heterocycles. The van der Waals surface area contributed by atoms with Gasteiger partial charge in [-0.05, 0) is 30.2 Å². The molecule has 2 rings (SSSR count). The lowest BCUT2D eigenvalue weighted by Gasteiger charge is -2.13. The Morgan fingerprint density at radius 3 is 2.76 bits per heavy atom. The quantitative estimate of drug-likeness (QED) is 0.727. The molecule has 0 aliphatic rings. The Morgan fingerprint density at radius 1 is 1.18 bits per heavy atom. The fourth-order valence-electron chi connectivity index (χ4n) is 1.76. The van der Waals surface area contributed by atoms with Crippen LogP contribution in [0.5, 0.6) is 0 Å². The molecule has 0 aliphatic heterocycles. The summed E-state index contributed by atoms with van der Waals surface area (Å²) in [5.41, 5.74) is 2.24. The highest BCUT2D eigenvalue weighted by atomic mass is 14.7. The Labute approximate surface area is 102 Å². The Morgan fingerprint density at radius 2 is 2.12 bits per heavy atom.